The molecule has 0 spiro atoms. The highest BCUT2D eigenvalue weighted by molar-refractivity contribution is 7.13. The maximum absolute atomic E-state index is 5.88. The first-order valence-corrected chi connectivity index (χ1v) is 7.82. The van der Waals surface area contributed by atoms with Crippen LogP contribution in [-0.2, 0) is 0 Å². The molecule has 106 valence electrons. The Kier molecular flexibility index (Phi) is 3.52. The molecule has 0 radical (unpaired) electrons. The third-order valence-electron chi connectivity index (χ3n) is 3.69. The van der Waals surface area contributed by atoms with Crippen molar-refractivity contribution in [3.05, 3.63) is 58.5 Å². The molecule has 0 fully saturated rings. The lowest BCUT2D eigenvalue weighted by Crippen LogP contribution is -1.89. The fourth-order valence-electron chi connectivity index (χ4n) is 2.35. The zero-order valence-corrected chi connectivity index (χ0v) is 13.3. The SMILES string of the molecule is Cc1ccc(C)c(-c2csc(-c3ccc(N)c(C)c3)n2)c1. The van der Waals surface area contributed by atoms with Crippen LogP contribution in [0.2, 0.25) is 0 Å². The largest absolute Gasteiger partial charge is 0.399 e. The van der Waals surface area contributed by atoms with Gasteiger partial charge >= 0.3 is 0 Å². The fraction of sp³-hybridized carbons (Fsp3) is 0.167. The van der Waals surface area contributed by atoms with Gasteiger partial charge in [0.05, 0.1) is 5.69 Å². The van der Waals surface area contributed by atoms with Gasteiger partial charge in [-0.3, -0.25) is 0 Å². The van der Waals surface area contributed by atoms with E-state index in [-0.39, 0.29) is 0 Å². The van der Waals surface area contributed by atoms with Crippen molar-refractivity contribution in [3.8, 4) is 21.8 Å². The molecule has 0 aliphatic carbocycles. The van der Waals surface area contributed by atoms with Gasteiger partial charge in [0.25, 0.3) is 0 Å². The molecular formula is C18H18N2S. The number of rotatable bonds is 2. The fourth-order valence-corrected chi connectivity index (χ4v) is 3.17. The van der Waals surface area contributed by atoms with Crippen LogP contribution >= 0.6 is 11.3 Å². The molecule has 0 aliphatic heterocycles. The number of thiazole rings is 1. The first-order valence-electron chi connectivity index (χ1n) is 6.94. The molecule has 0 bridgehead atoms. The smallest absolute Gasteiger partial charge is 0.124 e. The minimum Gasteiger partial charge on any atom is -0.399 e. The predicted molar refractivity (Wildman–Crippen MR) is 91.6 cm³/mol. The molecule has 0 amide bonds. The van der Waals surface area contributed by atoms with Gasteiger partial charge in [0.1, 0.15) is 5.01 Å². The number of aromatic nitrogens is 1. The van der Waals surface area contributed by atoms with Crippen molar-refractivity contribution >= 4 is 17.0 Å². The summed E-state index contributed by atoms with van der Waals surface area (Å²) in [6.07, 6.45) is 0. The van der Waals surface area contributed by atoms with E-state index in [1.54, 1.807) is 11.3 Å². The summed E-state index contributed by atoms with van der Waals surface area (Å²) in [6.45, 7) is 6.26. The summed E-state index contributed by atoms with van der Waals surface area (Å²) < 4.78 is 0. The second kappa shape index (κ2) is 5.34. The molecule has 1 aromatic heterocycles. The van der Waals surface area contributed by atoms with E-state index in [2.05, 4.69) is 43.5 Å². The van der Waals surface area contributed by atoms with Gasteiger partial charge in [0.15, 0.2) is 0 Å². The Bertz CT molecular complexity index is 803. The summed E-state index contributed by atoms with van der Waals surface area (Å²) in [5.41, 5.74) is 13.7. The minimum atomic E-state index is 0.824. The van der Waals surface area contributed by atoms with Crippen LogP contribution in [0.3, 0.4) is 0 Å². The van der Waals surface area contributed by atoms with Gasteiger partial charge in [-0.15, -0.1) is 11.3 Å². The van der Waals surface area contributed by atoms with Crippen LogP contribution in [0.15, 0.2) is 41.8 Å². The zero-order valence-electron chi connectivity index (χ0n) is 12.5. The van der Waals surface area contributed by atoms with Gasteiger partial charge in [0.2, 0.25) is 0 Å². The van der Waals surface area contributed by atoms with E-state index in [1.807, 2.05) is 19.1 Å². The van der Waals surface area contributed by atoms with Crippen LogP contribution in [-0.4, -0.2) is 4.98 Å². The first-order chi connectivity index (χ1) is 10.0. The molecule has 2 N–H and O–H groups in total. The highest BCUT2D eigenvalue weighted by atomic mass is 32.1. The Morgan fingerprint density at radius 1 is 0.952 bits per heavy atom. The molecule has 3 aromatic rings. The molecule has 3 rings (SSSR count). The lowest BCUT2D eigenvalue weighted by atomic mass is 10.0. The molecule has 0 aliphatic rings. The van der Waals surface area contributed by atoms with Gasteiger partial charge in [0, 0.05) is 22.2 Å². The van der Waals surface area contributed by atoms with Crippen LogP contribution < -0.4 is 5.73 Å². The molecule has 2 aromatic carbocycles. The maximum atomic E-state index is 5.88. The van der Waals surface area contributed by atoms with Crippen LogP contribution in [0.5, 0.6) is 0 Å². The van der Waals surface area contributed by atoms with E-state index in [0.29, 0.717) is 0 Å². The number of nitrogens with zero attached hydrogens (tertiary/aromatic N) is 1. The summed E-state index contributed by atoms with van der Waals surface area (Å²) in [5, 5.41) is 3.16. The van der Waals surface area contributed by atoms with Crippen molar-refractivity contribution in [1.82, 2.24) is 4.98 Å². The highest BCUT2D eigenvalue weighted by Gasteiger charge is 2.09. The Labute approximate surface area is 129 Å². The first kappa shape index (κ1) is 13.8. The summed E-state index contributed by atoms with van der Waals surface area (Å²) in [5.74, 6) is 0. The number of nitrogens with two attached hydrogens (primary N) is 1. The van der Waals surface area contributed by atoms with Crippen molar-refractivity contribution in [1.29, 1.82) is 0 Å². The van der Waals surface area contributed by atoms with Crippen LogP contribution in [0.1, 0.15) is 16.7 Å². The van der Waals surface area contributed by atoms with Crippen molar-refractivity contribution in [3.63, 3.8) is 0 Å². The van der Waals surface area contributed by atoms with Crippen LogP contribution in [0, 0.1) is 20.8 Å². The number of anilines is 1. The van der Waals surface area contributed by atoms with Gasteiger partial charge < -0.3 is 5.73 Å². The van der Waals surface area contributed by atoms with Crippen molar-refractivity contribution in [2.45, 2.75) is 20.8 Å². The Morgan fingerprint density at radius 2 is 1.76 bits per heavy atom. The molecule has 0 saturated carbocycles. The summed E-state index contributed by atoms with van der Waals surface area (Å²) >= 11 is 1.67. The van der Waals surface area contributed by atoms with E-state index in [4.69, 9.17) is 10.7 Å². The quantitative estimate of drug-likeness (QED) is 0.677. The molecule has 0 atom stereocenters. The number of nitrogen functional groups attached to an aromatic ring is 1. The summed E-state index contributed by atoms with van der Waals surface area (Å²) in [4.78, 5) is 4.80. The van der Waals surface area contributed by atoms with E-state index in [1.165, 1.54) is 16.7 Å². The Morgan fingerprint density at radius 3 is 2.52 bits per heavy atom. The lowest BCUT2D eigenvalue weighted by Gasteiger charge is -2.04. The minimum absolute atomic E-state index is 0.824. The third kappa shape index (κ3) is 2.69. The second-order valence-electron chi connectivity index (χ2n) is 5.43. The van der Waals surface area contributed by atoms with Crippen LogP contribution in [0.25, 0.3) is 21.8 Å². The maximum Gasteiger partial charge on any atom is 0.124 e. The highest BCUT2D eigenvalue weighted by Crippen LogP contribution is 2.32. The van der Waals surface area contributed by atoms with Crippen molar-refractivity contribution in [2.75, 3.05) is 5.73 Å². The second-order valence-corrected chi connectivity index (χ2v) is 6.29. The van der Waals surface area contributed by atoms with E-state index in [9.17, 15) is 0 Å². The summed E-state index contributed by atoms with van der Waals surface area (Å²) in [6, 6.07) is 12.6. The topological polar surface area (TPSA) is 38.9 Å². The number of aryl methyl sites for hydroxylation is 3. The average Bonchev–Trinajstić information content (AvgIpc) is 2.94. The molecular weight excluding hydrogens is 276 g/mol. The van der Waals surface area contributed by atoms with Gasteiger partial charge in [-0.25, -0.2) is 4.98 Å². The molecule has 0 unspecified atom stereocenters. The number of benzene rings is 2. The Balaban J connectivity index is 2.03. The van der Waals surface area contributed by atoms with E-state index in [0.717, 1.165) is 27.5 Å². The van der Waals surface area contributed by atoms with Crippen molar-refractivity contribution < 1.29 is 0 Å². The molecule has 1 heterocycles. The lowest BCUT2D eigenvalue weighted by molar-refractivity contribution is 1.34. The molecule has 21 heavy (non-hydrogen) atoms. The Hall–Kier alpha value is -2.13. The van der Waals surface area contributed by atoms with Gasteiger partial charge in [-0.1, -0.05) is 17.7 Å². The standard InChI is InChI=1S/C18H18N2S/c1-11-4-5-12(2)15(8-11)17-10-21-18(20-17)14-6-7-16(19)13(3)9-14/h4-10H,19H2,1-3H3. The molecule has 0 saturated heterocycles. The van der Waals surface area contributed by atoms with Crippen LogP contribution in [0.4, 0.5) is 5.69 Å². The molecule has 3 heteroatoms. The average molecular weight is 294 g/mol. The van der Waals surface area contributed by atoms with E-state index >= 15 is 0 Å². The summed E-state index contributed by atoms with van der Waals surface area (Å²) in [7, 11) is 0. The number of hydrogen-bond acceptors (Lipinski definition) is 3. The van der Waals surface area contributed by atoms with Crippen molar-refractivity contribution in [2.24, 2.45) is 0 Å². The van der Waals surface area contributed by atoms with E-state index < -0.39 is 0 Å². The number of hydrogen-bond donors (Lipinski definition) is 1. The molecule has 2 nitrogen and oxygen atoms in total. The monoisotopic (exact) mass is 294 g/mol. The third-order valence-corrected chi connectivity index (χ3v) is 4.58. The zero-order chi connectivity index (χ0) is 15.0. The van der Waals surface area contributed by atoms with Gasteiger partial charge in [-0.05, 0) is 56.2 Å². The van der Waals surface area contributed by atoms with Gasteiger partial charge in [-0.2, -0.15) is 0 Å². The predicted octanol–water partition coefficient (Wildman–Crippen LogP) is 4.98. The normalized spacial score (nSPS) is 10.8.